The summed E-state index contributed by atoms with van der Waals surface area (Å²) in [5.41, 5.74) is 0.715. The standard InChI is InChI=1S/C8H7N5O2/c14-7(15)5-13-3-1-2-6(4-13)8-9-11-12-10-8/h1-4H,5H2,(H-,9,10,11,12,14,15)/p+1. The molecular weight excluding hydrogens is 198 g/mol. The number of tetrazole rings is 1. The molecule has 15 heavy (non-hydrogen) atoms. The zero-order chi connectivity index (χ0) is 10.7. The first-order valence-corrected chi connectivity index (χ1v) is 4.20. The predicted molar refractivity (Wildman–Crippen MR) is 47.4 cm³/mol. The number of carbonyl (C=O) groups is 1. The summed E-state index contributed by atoms with van der Waals surface area (Å²) >= 11 is 0. The zero-order valence-electron chi connectivity index (χ0n) is 7.66. The molecule has 0 fully saturated rings. The first kappa shape index (κ1) is 9.25. The van der Waals surface area contributed by atoms with Crippen LogP contribution in [0.5, 0.6) is 0 Å². The molecule has 2 heterocycles. The minimum atomic E-state index is -0.898. The van der Waals surface area contributed by atoms with Crippen LogP contribution in [0.3, 0.4) is 0 Å². The third-order valence-corrected chi connectivity index (χ3v) is 1.78. The largest absolute Gasteiger partial charge is 0.477 e. The minimum absolute atomic E-state index is 0.0916. The van der Waals surface area contributed by atoms with Crippen molar-refractivity contribution in [1.82, 2.24) is 20.6 Å². The van der Waals surface area contributed by atoms with Gasteiger partial charge in [0.2, 0.25) is 12.4 Å². The number of hydrogen-bond acceptors (Lipinski definition) is 4. The van der Waals surface area contributed by atoms with Gasteiger partial charge in [-0.15, -0.1) is 10.2 Å². The molecule has 76 valence electrons. The number of carboxylic acid groups (broad SMARTS) is 1. The molecule has 0 aromatic carbocycles. The number of carboxylic acids is 1. The molecule has 0 aliphatic rings. The Morgan fingerprint density at radius 2 is 2.47 bits per heavy atom. The van der Waals surface area contributed by atoms with Crippen LogP contribution in [-0.2, 0) is 11.3 Å². The van der Waals surface area contributed by atoms with E-state index in [2.05, 4.69) is 20.6 Å². The molecule has 0 bridgehead atoms. The van der Waals surface area contributed by atoms with E-state index in [9.17, 15) is 4.79 Å². The maximum atomic E-state index is 10.5. The molecule has 0 amide bonds. The van der Waals surface area contributed by atoms with Gasteiger partial charge in [-0.3, -0.25) is 0 Å². The van der Waals surface area contributed by atoms with Crippen molar-refractivity contribution in [2.75, 3.05) is 0 Å². The van der Waals surface area contributed by atoms with Crippen molar-refractivity contribution in [3.8, 4) is 11.4 Å². The SMILES string of the molecule is O=C(O)C[n+]1cccc(-c2nn[nH]n2)c1. The van der Waals surface area contributed by atoms with Crippen LogP contribution in [0.1, 0.15) is 0 Å². The van der Waals surface area contributed by atoms with Crippen molar-refractivity contribution >= 4 is 5.97 Å². The molecule has 0 radical (unpaired) electrons. The van der Waals surface area contributed by atoms with Gasteiger partial charge in [0.25, 0.3) is 0 Å². The molecule has 2 aromatic rings. The molecule has 2 N–H and O–H groups in total. The number of aromatic nitrogens is 5. The highest BCUT2D eigenvalue weighted by Crippen LogP contribution is 2.08. The lowest BCUT2D eigenvalue weighted by molar-refractivity contribution is -0.685. The van der Waals surface area contributed by atoms with Gasteiger partial charge < -0.3 is 5.11 Å². The first-order valence-electron chi connectivity index (χ1n) is 4.20. The number of aromatic amines is 1. The number of pyridine rings is 1. The normalized spacial score (nSPS) is 10.1. The highest BCUT2D eigenvalue weighted by molar-refractivity contribution is 5.64. The maximum Gasteiger partial charge on any atom is 0.370 e. The molecule has 0 saturated carbocycles. The quantitative estimate of drug-likeness (QED) is 0.643. The Labute approximate surface area is 84.4 Å². The van der Waals surface area contributed by atoms with Crippen molar-refractivity contribution in [2.24, 2.45) is 0 Å². The number of rotatable bonds is 3. The van der Waals surface area contributed by atoms with Crippen LogP contribution in [0.4, 0.5) is 0 Å². The summed E-state index contributed by atoms with van der Waals surface area (Å²) in [6.45, 7) is -0.0916. The smallest absolute Gasteiger partial charge is 0.370 e. The van der Waals surface area contributed by atoms with E-state index >= 15 is 0 Å². The Morgan fingerprint density at radius 3 is 3.13 bits per heavy atom. The first-order chi connectivity index (χ1) is 7.25. The van der Waals surface area contributed by atoms with Gasteiger partial charge in [-0.1, -0.05) is 0 Å². The topological polar surface area (TPSA) is 95.6 Å². The van der Waals surface area contributed by atoms with E-state index in [1.807, 2.05) is 0 Å². The molecule has 0 unspecified atom stereocenters. The lowest BCUT2D eigenvalue weighted by atomic mass is 10.3. The van der Waals surface area contributed by atoms with E-state index in [-0.39, 0.29) is 6.54 Å². The predicted octanol–water partition coefficient (Wildman–Crippen LogP) is -0.761. The average Bonchev–Trinajstić information content (AvgIpc) is 2.69. The molecule has 0 saturated heterocycles. The van der Waals surface area contributed by atoms with E-state index in [1.54, 1.807) is 24.5 Å². The summed E-state index contributed by atoms with van der Waals surface area (Å²) in [6, 6.07) is 3.51. The maximum absolute atomic E-state index is 10.5. The van der Waals surface area contributed by atoms with E-state index in [0.29, 0.717) is 11.4 Å². The fourth-order valence-electron chi connectivity index (χ4n) is 1.19. The number of hydrogen-bond donors (Lipinski definition) is 2. The Morgan fingerprint density at radius 1 is 1.60 bits per heavy atom. The second-order valence-electron chi connectivity index (χ2n) is 2.89. The summed E-state index contributed by atoms with van der Waals surface area (Å²) < 4.78 is 1.54. The van der Waals surface area contributed by atoms with Crippen molar-refractivity contribution < 1.29 is 14.5 Å². The third-order valence-electron chi connectivity index (χ3n) is 1.78. The molecule has 0 atom stereocenters. The van der Waals surface area contributed by atoms with Crippen LogP contribution in [0.15, 0.2) is 24.5 Å². The van der Waals surface area contributed by atoms with E-state index in [1.165, 1.54) is 4.57 Å². The second-order valence-corrected chi connectivity index (χ2v) is 2.89. The summed E-state index contributed by atoms with van der Waals surface area (Å²) in [6.07, 6.45) is 3.32. The third kappa shape index (κ3) is 2.13. The van der Waals surface area contributed by atoms with Gasteiger partial charge in [0.15, 0.2) is 12.4 Å². The summed E-state index contributed by atoms with van der Waals surface area (Å²) in [5.74, 6) is -0.458. The van der Waals surface area contributed by atoms with Crippen LogP contribution in [0.25, 0.3) is 11.4 Å². The molecule has 7 nitrogen and oxygen atoms in total. The van der Waals surface area contributed by atoms with Crippen molar-refractivity contribution in [3.63, 3.8) is 0 Å². The van der Waals surface area contributed by atoms with Gasteiger partial charge in [0, 0.05) is 6.07 Å². The Balaban J connectivity index is 2.31. The molecule has 0 aliphatic carbocycles. The van der Waals surface area contributed by atoms with Gasteiger partial charge in [0.1, 0.15) is 0 Å². The summed E-state index contributed by atoms with van der Waals surface area (Å²) in [7, 11) is 0. The monoisotopic (exact) mass is 206 g/mol. The highest BCUT2D eigenvalue weighted by atomic mass is 16.4. The average molecular weight is 206 g/mol. The van der Waals surface area contributed by atoms with E-state index < -0.39 is 5.97 Å². The fourth-order valence-corrected chi connectivity index (χ4v) is 1.19. The molecule has 2 aromatic heterocycles. The van der Waals surface area contributed by atoms with Crippen LogP contribution in [0.2, 0.25) is 0 Å². The van der Waals surface area contributed by atoms with Gasteiger partial charge in [-0.25, -0.2) is 4.79 Å². The minimum Gasteiger partial charge on any atom is -0.477 e. The molecule has 2 rings (SSSR count). The van der Waals surface area contributed by atoms with Crippen LogP contribution in [0, 0.1) is 0 Å². The Hall–Kier alpha value is -2.31. The van der Waals surface area contributed by atoms with Crippen molar-refractivity contribution in [1.29, 1.82) is 0 Å². The summed E-state index contributed by atoms with van der Waals surface area (Å²) in [5, 5.41) is 22.0. The molecule has 0 spiro atoms. The Bertz CT molecular complexity index is 468. The number of H-pyrrole nitrogens is 1. The van der Waals surface area contributed by atoms with Gasteiger partial charge >= 0.3 is 5.97 Å². The highest BCUT2D eigenvalue weighted by Gasteiger charge is 2.10. The lowest BCUT2D eigenvalue weighted by Crippen LogP contribution is -2.37. The van der Waals surface area contributed by atoms with E-state index in [0.717, 1.165) is 0 Å². The second kappa shape index (κ2) is 3.82. The molecule has 7 heteroatoms. The molecule has 0 aliphatic heterocycles. The Kier molecular flexibility index (Phi) is 2.36. The van der Waals surface area contributed by atoms with Gasteiger partial charge in [0.05, 0.1) is 5.56 Å². The van der Waals surface area contributed by atoms with Crippen LogP contribution < -0.4 is 4.57 Å². The van der Waals surface area contributed by atoms with Crippen molar-refractivity contribution in [2.45, 2.75) is 6.54 Å². The lowest BCUT2D eigenvalue weighted by Gasteiger charge is -1.94. The zero-order valence-corrected chi connectivity index (χ0v) is 7.66. The van der Waals surface area contributed by atoms with Gasteiger partial charge in [-0.2, -0.15) is 9.78 Å². The fraction of sp³-hybridized carbons (Fsp3) is 0.125. The number of aliphatic carboxylic acids is 1. The number of nitrogens with one attached hydrogen (secondary N) is 1. The van der Waals surface area contributed by atoms with Crippen molar-refractivity contribution in [3.05, 3.63) is 24.5 Å². The van der Waals surface area contributed by atoms with E-state index in [4.69, 9.17) is 5.11 Å². The van der Waals surface area contributed by atoms with Crippen LogP contribution >= 0.6 is 0 Å². The number of nitrogens with zero attached hydrogens (tertiary/aromatic N) is 4. The molecular formula is C8H8N5O2+. The van der Waals surface area contributed by atoms with Crippen LogP contribution in [-0.4, -0.2) is 31.7 Å². The van der Waals surface area contributed by atoms with Gasteiger partial charge in [-0.05, 0) is 11.3 Å². The summed E-state index contributed by atoms with van der Waals surface area (Å²) in [4.78, 5) is 10.5.